The summed E-state index contributed by atoms with van der Waals surface area (Å²) in [6, 6.07) is 14.3. The second-order valence-electron chi connectivity index (χ2n) is 4.64. The van der Waals surface area contributed by atoms with Crippen molar-refractivity contribution in [3.8, 4) is 0 Å². The van der Waals surface area contributed by atoms with Crippen LogP contribution in [0.25, 0.3) is 0 Å². The number of halogens is 1. The normalized spacial score (nSPS) is 11.5. The molecule has 0 aliphatic rings. The molecule has 3 nitrogen and oxygen atoms in total. The van der Waals surface area contributed by atoms with Gasteiger partial charge in [-0.05, 0) is 22.8 Å². The third kappa shape index (κ3) is 4.07. The minimum absolute atomic E-state index is 0.00305. The first kappa shape index (κ1) is 15.0. The van der Waals surface area contributed by atoms with E-state index in [1.165, 1.54) is 0 Å². The molecule has 106 valence electrons. The summed E-state index contributed by atoms with van der Waals surface area (Å²) in [5.74, 6) is -0.0472. The van der Waals surface area contributed by atoms with Crippen LogP contribution in [0.1, 0.15) is 16.7 Å². The van der Waals surface area contributed by atoms with Gasteiger partial charge in [-0.2, -0.15) is 0 Å². The molecule has 0 heterocycles. The maximum Gasteiger partial charge on any atom is 0.158 e. The topological polar surface area (TPSA) is 60.2 Å². The third-order valence-electron chi connectivity index (χ3n) is 2.98. The fourth-order valence-electron chi connectivity index (χ4n) is 1.93. The lowest BCUT2D eigenvalue weighted by Crippen LogP contribution is -2.08. The molecule has 0 aliphatic heterocycles. The predicted octanol–water partition coefficient (Wildman–Crippen LogP) is 2.91. The number of hydrogen-bond acceptors (Lipinski definition) is 3. The van der Waals surface area contributed by atoms with Crippen LogP contribution < -0.4 is 5.73 Å². The predicted molar refractivity (Wildman–Crippen MR) is 82.1 cm³/mol. The molecule has 0 fully saturated rings. The first-order chi connectivity index (χ1) is 9.50. The Kier molecular flexibility index (Phi) is 4.81. The van der Waals surface area contributed by atoms with E-state index in [4.69, 9.17) is 17.3 Å². The highest BCUT2D eigenvalue weighted by Crippen LogP contribution is 2.20. The molecule has 0 aliphatic carbocycles. The standard InChI is InChI=1S/C15H16ClNO2S/c16-15-4-2-1-3-14(15)11-20(18,19)10-13-7-5-12(9-17)6-8-13/h1-8H,9-11,17H2. The average molecular weight is 310 g/mol. The van der Waals surface area contributed by atoms with E-state index in [1.807, 2.05) is 12.1 Å². The van der Waals surface area contributed by atoms with Crippen LogP contribution in [0, 0.1) is 0 Å². The van der Waals surface area contributed by atoms with E-state index in [9.17, 15) is 8.42 Å². The van der Waals surface area contributed by atoms with E-state index >= 15 is 0 Å². The van der Waals surface area contributed by atoms with Crippen LogP contribution in [0.4, 0.5) is 0 Å². The maximum atomic E-state index is 12.2. The van der Waals surface area contributed by atoms with Gasteiger partial charge < -0.3 is 5.73 Å². The number of hydrogen-bond donors (Lipinski definition) is 1. The second-order valence-corrected chi connectivity index (χ2v) is 7.12. The summed E-state index contributed by atoms with van der Waals surface area (Å²) in [5.41, 5.74) is 7.89. The van der Waals surface area contributed by atoms with Gasteiger partial charge in [-0.1, -0.05) is 54.1 Å². The first-order valence-corrected chi connectivity index (χ1v) is 8.42. The van der Waals surface area contributed by atoms with E-state index in [2.05, 4.69) is 0 Å². The molecule has 2 N–H and O–H groups in total. The molecule has 0 saturated heterocycles. The Morgan fingerprint density at radius 3 is 2.10 bits per heavy atom. The fourth-order valence-corrected chi connectivity index (χ4v) is 3.74. The molecule has 0 radical (unpaired) electrons. The molecule has 2 aromatic carbocycles. The highest BCUT2D eigenvalue weighted by atomic mass is 35.5. The molecule has 5 heteroatoms. The number of benzene rings is 2. The van der Waals surface area contributed by atoms with Gasteiger partial charge in [0.1, 0.15) is 0 Å². The Morgan fingerprint density at radius 2 is 1.50 bits per heavy atom. The molecule has 20 heavy (non-hydrogen) atoms. The van der Waals surface area contributed by atoms with E-state index in [-0.39, 0.29) is 11.5 Å². The Balaban J connectivity index is 2.13. The van der Waals surface area contributed by atoms with Crippen LogP contribution in [0.15, 0.2) is 48.5 Å². The molecule has 0 saturated carbocycles. The van der Waals surface area contributed by atoms with Crippen LogP contribution in [0.3, 0.4) is 0 Å². The van der Waals surface area contributed by atoms with Gasteiger partial charge in [0, 0.05) is 11.6 Å². The molecule has 0 amide bonds. The number of rotatable bonds is 5. The maximum absolute atomic E-state index is 12.2. The van der Waals surface area contributed by atoms with Crippen LogP contribution >= 0.6 is 11.6 Å². The van der Waals surface area contributed by atoms with Gasteiger partial charge in [-0.3, -0.25) is 0 Å². The zero-order valence-corrected chi connectivity index (χ0v) is 12.5. The molecule has 2 aromatic rings. The van der Waals surface area contributed by atoms with Crippen molar-refractivity contribution in [2.75, 3.05) is 0 Å². The number of sulfone groups is 1. The van der Waals surface area contributed by atoms with Crippen molar-refractivity contribution < 1.29 is 8.42 Å². The SMILES string of the molecule is NCc1ccc(CS(=O)(=O)Cc2ccccc2Cl)cc1. The fraction of sp³-hybridized carbons (Fsp3) is 0.200. The third-order valence-corrected chi connectivity index (χ3v) is 4.87. The quantitative estimate of drug-likeness (QED) is 0.924. The zero-order valence-electron chi connectivity index (χ0n) is 10.9. The summed E-state index contributed by atoms with van der Waals surface area (Å²) < 4.78 is 24.4. The van der Waals surface area contributed by atoms with Crippen molar-refractivity contribution >= 4 is 21.4 Å². The molecular formula is C15H16ClNO2S. The zero-order chi connectivity index (χ0) is 14.6. The summed E-state index contributed by atoms with van der Waals surface area (Å²) in [5, 5.41) is 0.481. The van der Waals surface area contributed by atoms with Crippen LogP contribution in [0.2, 0.25) is 5.02 Å². The van der Waals surface area contributed by atoms with Gasteiger partial charge in [0.15, 0.2) is 9.84 Å². The molecular weight excluding hydrogens is 294 g/mol. The van der Waals surface area contributed by atoms with Crippen LogP contribution in [-0.4, -0.2) is 8.42 Å². The van der Waals surface area contributed by atoms with E-state index in [0.29, 0.717) is 17.1 Å². The molecule has 0 unspecified atom stereocenters. The number of nitrogens with two attached hydrogens (primary N) is 1. The molecule has 0 bridgehead atoms. The minimum atomic E-state index is -3.25. The lowest BCUT2D eigenvalue weighted by atomic mass is 10.1. The van der Waals surface area contributed by atoms with Gasteiger partial charge in [0.05, 0.1) is 11.5 Å². The molecule has 0 atom stereocenters. The van der Waals surface area contributed by atoms with E-state index in [0.717, 1.165) is 11.1 Å². The van der Waals surface area contributed by atoms with Gasteiger partial charge in [-0.15, -0.1) is 0 Å². The lowest BCUT2D eigenvalue weighted by Gasteiger charge is -2.07. The second kappa shape index (κ2) is 6.39. The van der Waals surface area contributed by atoms with Crippen molar-refractivity contribution in [3.63, 3.8) is 0 Å². The Morgan fingerprint density at radius 1 is 0.900 bits per heavy atom. The molecule has 2 rings (SSSR count). The first-order valence-electron chi connectivity index (χ1n) is 6.22. The van der Waals surface area contributed by atoms with Crippen molar-refractivity contribution in [1.82, 2.24) is 0 Å². The summed E-state index contributed by atoms with van der Waals surface area (Å²) in [7, 11) is -3.25. The van der Waals surface area contributed by atoms with Crippen molar-refractivity contribution in [1.29, 1.82) is 0 Å². The summed E-state index contributed by atoms with van der Waals surface area (Å²) in [6.45, 7) is 0.451. The summed E-state index contributed by atoms with van der Waals surface area (Å²) >= 11 is 5.99. The van der Waals surface area contributed by atoms with Crippen LogP contribution in [-0.2, 0) is 27.9 Å². The van der Waals surface area contributed by atoms with Crippen molar-refractivity contribution in [3.05, 3.63) is 70.2 Å². The highest BCUT2D eigenvalue weighted by Gasteiger charge is 2.14. The van der Waals surface area contributed by atoms with Crippen molar-refractivity contribution in [2.45, 2.75) is 18.1 Å². The van der Waals surface area contributed by atoms with E-state index in [1.54, 1.807) is 36.4 Å². The van der Waals surface area contributed by atoms with Gasteiger partial charge >= 0.3 is 0 Å². The van der Waals surface area contributed by atoms with Crippen LogP contribution in [0.5, 0.6) is 0 Å². The van der Waals surface area contributed by atoms with E-state index < -0.39 is 9.84 Å². The Hall–Kier alpha value is -1.36. The minimum Gasteiger partial charge on any atom is -0.326 e. The monoisotopic (exact) mass is 309 g/mol. The smallest absolute Gasteiger partial charge is 0.158 e. The van der Waals surface area contributed by atoms with Crippen molar-refractivity contribution in [2.24, 2.45) is 5.73 Å². The highest BCUT2D eigenvalue weighted by molar-refractivity contribution is 7.89. The molecule has 0 aromatic heterocycles. The summed E-state index contributed by atoms with van der Waals surface area (Å²) in [4.78, 5) is 0. The Bertz CT molecular complexity index is 681. The largest absolute Gasteiger partial charge is 0.326 e. The summed E-state index contributed by atoms with van der Waals surface area (Å²) in [6.07, 6.45) is 0. The lowest BCUT2D eigenvalue weighted by molar-refractivity contribution is 0.594. The Labute approximate surface area is 124 Å². The molecule has 0 spiro atoms. The van der Waals surface area contributed by atoms with Gasteiger partial charge in [-0.25, -0.2) is 8.42 Å². The van der Waals surface area contributed by atoms with Gasteiger partial charge in [0.25, 0.3) is 0 Å². The van der Waals surface area contributed by atoms with Gasteiger partial charge in [0.2, 0.25) is 0 Å². The average Bonchev–Trinajstić information content (AvgIpc) is 2.41.